The summed E-state index contributed by atoms with van der Waals surface area (Å²) < 4.78 is 0. The fourth-order valence-electron chi connectivity index (χ4n) is 2.13. The molecule has 78 valence electrons. The second-order valence-corrected chi connectivity index (χ2v) is 3.98. The van der Waals surface area contributed by atoms with Gasteiger partial charge in [0.05, 0.1) is 0 Å². The molecule has 0 aromatic heterocycles. The summed E-state index contributed by atoms with van der Waals surface area (Å²) in [5.41, 5.74) is 16.1. The number of benzene rings is 2. The van der Waals surface area contributed by atoms with E-state index in [1.165, 1.54) is 27.5 Å². The average Bonchev–Trinajstić information content (AvgIpc) is 2.17. The number of aryl methyl sites for hydroxylation is 2. The highest BCUT2D eigenvalue weighted by molar-refractivity contribution is 5.89. The van der Waals surface area contributed by atoms with Gasteiger partial charge in [0.25, 0.3) is 0 Å². The number of hydrogen-bond acceptors (Lipinski definition) is 2. The Kier molecular flexibility index (Phi) is 2.37. The summed E-state index contributed by atoms with van der Waals surface area (Å²) in [4.78, 5) is 0. The highest BCUT2D eigenvalue weighted by atomic mass is 14.5. The maximum Gasteiger partial charge on any atom is 0.0320 e. The van der Waals surface area contributed by atoms with E-state index >= 15 is 0 Å². The third-order valence-electron chi connectivity index (χ3n) is 2.98. The molecule has 0 unspecified atom stereocenters. The Morgan fingerprint density at radius 3 is 2.53 bits per heavy atom. The summed E-state index contributed by atoms with van der Waals surface area (Å²) in [6, 6.07) is 8.17. The molecule has 2 aromatic rings. The fraction of sp³-hybridized carbons (Fsp3) is 0.231. The first kappa shape index (κ1) is 9.99. The average molecular weight is 200 g/mol. The van der Waals surface area contributed by atoms with Crippen LogP contribution >= 0.6 is 0 Å². The van der Waals surface area contributed by atoms with Crippen LogP contribution in [0, 0.1) is 13.8 Å². The smallest absolute Gasteiger partial charge is 0.0320 e. The van der Waals surface area contributed by atoms with Gasteiger partial charge in [-0.2, -0.15) is 0 Å². The van der Waals surface area contributed by atoms with Crippen molar-refractivity contribution in [3.8, 4) is 0 Å². The lowest BCUT2D eigenvalue weighted by Crippen LogP contribution is -2.02. The first-order valence-corrected chi connectivity index (χ1v) is 5.12. The molecule has 0 spiro atoms. The van der Waals surface area contributed by atoms with E-state index in [0.717, 1.165) is 5.69 Å². The molecule has 0 amide bonds. The van der Waals surface area contributed by atoms with Gasteiger partial charge in [0.1, 0.15) is 0 Å². The van der Waals surface area contributed by atoms with Gasteiger partial charge in [-0.3, -0.25) is 0 Å². The van der Waals surface area contributed by atoms with Crippen LogP contribution in [-0.4, -0.2) is 0 Å². The summed E-state index contributed by atoms with van der Waals surface area (Å²) in [5, 5.41) is 2.44. The van der Waals surface area contributed by atoms with E-state index in [-0.39, 0.29) is 0 Å². The lowest BCUT2D eigenvalue weighted by Gasteiger charge is -2.11. The van der Waals surface area contributed by atoms with Crippen LogP contribution in [0.1, 0.15) is 16.7 Å². The van der Waals surface area contributed by atoms with Gasteiger partial charge in [-0.25, -0.2) is 0 Å². The minimum Gasteiger partial charge on any atom is -0.399 e. The molecule has 0 aliphatic carbocycles. The van der Waals surface area contributed by atoms with E-state index in [1.54, 1.807) is 0 Å². The second kappa shape index (κ2) is 3.55. The quantitative estimate of drug-likeness (QED) is 0.695. The molecule has 4 N–H and O–H groups in total. The minimum absolute atomic E-state index is 0.595. The molecule has 0 aliphatic heterocycles. The maximum absolute atomic E-state index is 5.77. The normalized spacial score (nSPS) is 10.9. The van der Waals surface area contributed by atoms with Crippen molar-refractivity contribution in [1.82, 2.24) is 0 Å². The Bertz CT molecular complexity index is 515. The molecule has 0 heterocycles. The van der Waals surface area contributed by atoms with Gasteiger partial charge in [0.15, 0.2) is 0 Å². The van der Waals surface area contributed by atoms with Crippen molar-refractivity contribution in [3.63, 3.8) is 0 Å². The van der Waals surface area contributed by atoms with Crippen LogP contribution in [0.2, 0.25) is 0 Å². The van der Waals surface area contributed by atoms with Crippen LogP contribution in [0.15, 0.2) is 24.3 Å². The van der Waals surface area contributed by atoms with E-state index in [2.05, 4.69) is 26.0 Å². The maximum atomic E-state index is 5.77. The molecule has 2 rings (SSSR count). The lowest BCUT2D eigenvalue weighted by molar-refractivity contribution is 1.04. The lowest BCUT2D eigenvalue weighted by atomic mass is 9.95. The van der Waals surface area contributed by atoms with Gasteiger partial charge in [-0.1, -0.05) is 12.1 Å². The zero-order valence-electron chi connectivity index (χ0n) is 9.17. The van der Waals surface area contributed by atoms with E-state index in [0.29, 0.717) is 6.54 Å². The van der Waals surface area contributed by atoms with Crippen molar-refractivity contribution >= 4 is 16.5 Å². The Hall–Kier alpha value is -1.54. The SMILES string of the molecule is Cc1cc2cc(N)ccc2c(C)c1CN. The standard InChI is InChI=1S/C13H16N2/c1-8-5-10-6-11(15)3-4-12(10)9(2)13(8)7-14/h3-6H,7,14-15H2,1-2H3. The molecule has 0 atom stereocenters. The largest absolute Gasteiger partial charge is 0.399 e. The van der Waals surface area contributed by atoms with Gasteiger partial charge in [0, 0.05) is 12.2 Å². The number of nitrogen functional groups attached to an aromatic ring is 1. The van der Waals surface area contributed by atoms with Crippen LogP contribution in [-0.2, 0) is 6.54 Å². The topological polar surface area (TPSA) is 52.0 Å². The van der Waals surface area contributed by atoms with Gasteiger partial charge in [-0.05, 0) is 53.4 Å². The van der Waals surface area contributed by atoms with Crippen LogP contribution in [0.3, 0.4) is 0 Å². The fourth-order valence-corrected chi connectivity index (χ4v) is 2.13. The predicted molar refractivity (Wildman–Crippen MR) is 65.7 cm³/mol. The first-order valence-electron chi connectivity index (χ1n) is 5.12. The molecule has 0 saturated carbocycles. The van der Waals surface area contributed by atoms with Crippen LogP contribution in [0.4, 0.5) is 5.69 Å². The van der Waals surface area contributed by atoms with E-state index < -0.39 is 0 Å². The number of anilines is 1. The highest BCUT2D eigenvalue weighted by Gasteiger charge is 2.06. The minimum atomic E-state index is 0.595. The summed E-state index contributed by atoms with van der Waals surface area (Å²) >= 11 is 0. The zero-order chi connectivity index (χ0) is 11.0. The highest BCUT2D eigenvalue weighted by Crippen LogP contribution is 2.26. The van der Waals surface area contributed by atoms with Crippen LogP contribution in [0.5, 0.6) is 0 Å². The van der Waals surface area contributed by atoms with Crippen LogP contribution < -0.4 is 11.5 Å². The molecule has 0 bridgehead atoms. The third-order valence-corrected chi connectivity index (χ3v) is 2.98. The molecule has 0 radical (unpaired) electrons. The summed E-state index contributed by atoms with van der Waals surface area (Å²) in [6.07, 6.45) is 0. The molecule has 2 heteroatoms. The molecule has 0 aliphatic rings. The molecular formula is C13H16N2. The molecular weight excluding hydrogens is 184 g/mol. The first-order chi connectivity index (χ1) is 7.13. The van der Waals surface area contributed by atoms with Gasteiger partial charge >= 0.3 is 0 Å². The van der Waals surface area contributed by atoms with Crippen molar-refractivity contribution in [1.29, 1.82) is 0 Å². The summed E-state index contributed by atoms with van der Waals surface area (Å²) in [6.45, 7) is 4.81. The molecule has 0 saturated heterocycles. The zero-order valence-corrected chi connectivity index (χ0v) is 9.17. The third kappa shape index (κ3) is 1.57. The van der Waals surface area contributed by atoms with Crippen molar-refractivity contribution in [2.24, 2.45) is 5.73 Å². The monoisotopic (exact) mass is 200 g/mol. The van der Waals surface area contributed by atoms with Crippen molar-refractivity contribution in [2.75, 3.05) is 5.73 Å². The van der Waals surface area contributed by atoms with Gasteiger partial charge in [-0.15, -0.1) is 0 Å². The van der Waals surface area contributed by atoms with Crippen molar-refractivity contribution < 1.29 is 0 Å². The van der Waals surface area contributed by atoms with E-state index in [4.69, 9.17) is 11.5 Å². The molecule has 15 heavy (non-hydrogen) atoms. The number of hydrogen-bond donors (Lipinski definition) is 2. The Morgan fingerprint density at radius 2 is 1.87 bits per heavy atom. The van der Waals surface area contributed by atoms with E-state index in [1.807, 2.05) is 12.1 Å². The predicted octanol–water partition coefficient (Wildman–Crippen LogP) is 2.50. The Balaban J connectivity index is 2.84. The van der Waals surface area contributed by atoms with Crippen molar-refractivity contribution in [2.45, 2.75) is 20.4 Å². The molecule has 2 nitrogen and oxygen atoms in total. The Morgan fingerprint density at radius 1 is 1.13 bits per heavy atom. The Labute approximate surface area is 89.9 Å². The van der Waals surface area contributed by atoms with Crippen LogP contribution in [0.25, 0.3) is 10.8 Å². The van der Waals surface area contributed by atoms with Gasteiger partial charge < -0.3 is 11.5 Å². The summed E-state index contributed by atoms with van der Waals surface area (Å²) in [5.74, 6) is 0. The second-order valence-electron chi connectivity index (χ2n) is 3.98. The number of nitrogens with two attached hydrogens (primary N) is 2. The van der Waals surface area contributed by atoms with Gasteiger partial charge in [0.2, 0.25) is 0 Å². The number of fused-ring (bicyclic) bond motifs is 1. The van der Waals surface area contributed by atoms with E-state index in [9.17, 15) is 0 Å². The molecule has 0 fully saturated rings. The van der Waals surface area contributed by atoms with Crippen molar-refractivity contribution in [3.05, 3.63) is 41.0 Å². The number of rotatable bonds is 1. The molecule has 2 aromatic carbocycles. The summed E-state index contributed by atoms with van der Waals surface area (Å²) in [7, 11) is 0.